The minimum Gasteiger partial charge on any atom is -0.497 e. The molecule has 1 fully saturated rings. The van der Waals surface area contributed by atoms with Gasteiger partial charge in [0.2, 0.25) is 0 Å². The second kappa shape index (κ2) is 6.89. The minimum absolute atomic E-state index is 0.267. The largest absolute Gasteiger partial charge is 0.497 e. The van der Waals surface area contributed by atoms with E-state index >= 15 is 0 Å². The summed E-state index contributed by atoms with van der Waals surface area (Å²) in [6, 6.07) is 8.47. The van der Waals surface area contributed by atoms with Gasteiger partial charge in [-0.15, -0.1) is 0 Å². The first kappa shape index (κ1) is 14.3. The lowest BCUT2D eigenvalue weighted by molar-refractivity contribution is -0.0437. The lowest BCUT2D eigenvalue weighted by Crippen LogP contribution is -2.45. The number of nitrogens with zero attached hydrogens (tertiary/aromatic N) is 1. The average Bonchev–Trinajstić information content (AvgIpc) is 2.49. The minimum atomic E-state index is 0.267. The lowest BCUT2D eigenvalue weighted by atomic mass is 10.0. The Morgan fingerprint density at radius 3 is 2.74 bits per heavy atom. The van der Waals surface area contributed by atoms with Gasteiger partial charge in [-0.3, -0.25) is 4.90 Å². The van der Waals surface area contributed by atoms with Crippen molar-refractivity contribution in [2.75, 3.05) is 33.4 Å². The molecule has 19 heavy (non-hydrogen) atoms. The van der Waals surface area contributed by atoms with E-state index < -0.39 is 0 Å². The van der Waals surface area contributed by atoms with Crippen molar-refractivity contribution in [2.24, 2.45) is 5.73 Å². The van der Waals surface area contributed by atoms with E-state index in [0.717, 1.165) is 31.9 Å². The molecule has 1 aromatic rings. The summed E-state index contributed by atoms with van der Waals surface area (Å²) >= 11 is 0. The molecule has 2 atom stereocenters. The SMILES string of the molecule is CCC1CN(C(CN)c2ccc(OC)cc2)CCO1. The summed E-state index contributed by atoms with van der Waals surface area (Å²) in [4.78, 5) is 2.43. The Balaban J connectivity index is 2.09. The second-order valence-electron chi connectivity index (χ2n) is 4.92. The Morgan fingerprint density at radius 2 is 2.16 bits per heavy atom. The predicted octanol–water partition coefficient (Wildman–Crippen LogP) is 1.81. The highest BCUT2D eigenvalue weighted by molar-refractivity contribution is 5.29. The van der Waals surface area contributed by atoms with Crippen molar-refractivity contribution in [1.29, 1.82) is 0 Å². The van der Waals surface area contributed by atoms with Crippen LogP contribution in [0.1, 0.15) is 24.9 Å². The number of methoxy groups -OCH3 is 1. The maximum absolute atomic E-state index is 5.98. The van der Waals surface area contributed by atoms with E-state index in [1.807, 2.05) is 12.1 Å². The van der Waals surface area contributed by atoms with Gasteiger partial charge in [-0.05, 0) is 24.1 Å². The molecule has 1 aromatic carbocycles. The maximum atomic E-state index is 5.98. The summed E-state index contributed by atoms with van der Waals surface area (Å²) in [5, 5.41) is 0. The molecule has 1 heterocycles. The van der Waals surface area contributed by atoms with Gasteiger partial charge < -0.3 is 15.2 Å². The Labute approximate surface area is 115 Å². The van der Waals surface area contributed by atoms with Crippen LogP contribution >= 0.6 is 0 Å². The zero-order valence-corrected chi connectivity index (χ0v) is 11.8. The first-order valence-corrected chi connectivity index (χ1v) is 6.98. The summed E-state index contributed by atoms with van der Waals surface area (Å²) in [6.07, 6.45) is 1.39. The molecule has 1 saturated heterocycles. The maximum Gasteiger partial charge on any atom is 0.118 e. The van der Waals surface area contributed by atoms with Crippen molar-refractivity contribution in [1.82, 2.24) is 4.90 Å². The fourth-order valence-electron chi connectivity index (χ4n) is 2.59. The monoisotopic (exact) mass is 264 g/mol. The Morgan fingerprint density at radius 1 is 1.42 bits per heavy atom. The van der Waals surface area contributed by atoms with Gasteiger partial charge in [-0.1, -0.05) is 19.1 Å². The molecule has 0 aromatic heterocycles. The molecule has 1 aliphatic heterocycles. The number of benzene rings is 1. The van der Waals surface area contributed by atoms with Gasteiger partial charge in [0.05, 0.1) is 19.8 Å². The Hall–Kier alpha value is -1.10. The molecule has 0 aliphatic carbocycles. The number of rotatable bonds is 5. The van der Waals surface area contributed by atoms with Crippen molar-refractivity contribution >= 4 is 0 Å². The highest BCUT2D eigenvalue weighted by Crippen LogP contribution is 2.24. The van der Waals surface area contributed by atoms with Crippen LogP contribution < -0.4 is 10.5 Å². The average molecular weight is 264 g/mol. The van der Waals surface area contributed by atoms with Crippen molar-refractivity contribution in [3.8, 4) is 5.75 Å². The molecule has 2 rings (SSSR count). The van der Waals surface area contributed by atoms with Crippen LogP contribution in [0, 0.1) is 0 Å². The van der Waals surface area contributed by atoms with Crippen LogP contribution in [0.25, 0.3) is 0 Å². The molecule has 0 bridgehead atoms. The first-order chi connectivity index (χ1) is 9.28. The summed E-state index contributed by atoms with van der Waals surface area (Å²) in [6.45, 7) is 5.50. The topological polar surface area (TPSA) is 47.7 Å². The molecule has 2 unspecified atom stereocenters. The molecule has 1 aliphatic rings. The van der Waals surface area contributed by atoms with Crippen LogP contribution in [0.15, 0.2) is 24.3 Å². The molecular weight excluding hydrogens is 240 g/mol. The molecule has 106 valence electrons. The Bertz CT molecular complexity index is 380. The summed E-state index contributed by atoms with van der Waals surface area (Å²) < 4.78 is 10.9. The van der Waals surface area contributed by atoms with E-state index in [0.29, 0.717) is 12.6 Å². The van der Waals surface area contributed by atoms with Crippen LogP contribution in [0.5, 0.6) is 5.75 Å². The van der Waals surface area contributed by atoms with E-state index in [2.05, 4.69) is 24.0 Å². The van der Waals surface area contributed by atoms with Crippen molar-refractivity contribution in [3.63, 3.8) is 0 Å². The highest BCUT2D eigenvalue weighted by atomic mass is 16.5. The number of morpholine rings is 1. The van der Waals surface area contributed by atoms with Gasteiger partial charge in [0.25, 0.3) is 0 Å². The van der Waals surface area contributed by atoms with E-state index in [-0.39, 0.29) is 6.04 Å². The summed E-state index contributed by atoms with van der Waals surface area (Å²) in [7, 11) is 1.68. The van der Waals surface area contributed by atoms with Crippen LogP contribution in [-0.4, -0.2) is 44.4 Å². The van der Waals surface area contributed by atoms with Crippen LogP contribution in [0.2, 0.25) is 0 Å². The fourth-order valence-corrected chi connectivity index (χ4v) is 2.59. The third-order valence-corrected chi connectivity index (χ3v) is 3.79. The fraction of sp³-hybridized carbons (Fsp3) is 0.600. The van der Waals surface area contributed by atoms with Gasteiger partial charge in [0.1, 0.15) is 5.75 Å². The quantitative estimate of drug-likeness (QED) is 0.881. The number of nitrogens with two attached hydrogens (primary N) is 1. The van der Waals surface area contributed by atoms with Gasteiger partial charge in [-0.2, -0.15) is 0 Å². The predicted molar refractivity (Wildman–Crippen MR) is 76.4 cm³/mol. The molecule has 4 heteroatoms. The number of ether oxygens (including phenoxy) is 2. The number of hydrogen-bond acceptors (Lipinski definition) is 4. The van der Waals surface area contributed by atoms with Crippen molar-refractivity contribution < 1.29 is 9.47 Å². The van der Waals surface area contributed by atoms with E-state index in [9.17, 15) is 0 Å². The molecule has 2 N–H and O–H groups in total. The van der Waals surface area contributed by atoms with Gasteiger partial charge >= 0.3 is 0 Å². The van der Waals surface area contributed by atoms with Gasteiger partial charge in [0, 0.05) is 25.7 Å². The lowest BCUT2D eigenvalue weighted by Gasteiger charge is -2.37. The molecular formula is C15H24N2O2. The molecule has 0 saturated carbocycles. The van der Waals surface area contributed by atoms with E-state index in [1.165, 1.54) is 5.56 Å². The summed E-state index contributed by atoms with van der Waals surface area (Å²) in [5.41, 5.74) is 7.23. The van der Waals surface area contributed by atoms with Crippen molar-refractivity contribution in [3.05, 3.63) is 29.8 Å². The normalized spacial score (nSPS) is 22.2. The highest BCUT2D eigenvalue weighted by Gasteiger charge is 2.25. The standard InChI is InChI=1S/C15H24N2O2/c1-3-13-11-17(8-9-19-13)15(10-16)12-4-6-14(18-2)7-5-12/h4-7,13,15H,3,8-11,16H2,1-2H3. The van der Waals surface area contributed by atoms with E-state index in [4.69, 9.17) is 15.2 Å². The molecule has 0 spiro atoms. The van der Waals surface area contributed by atoms with Gasteiger partial charge in [-0.25, -0.2) is 0 Å². The second-order valence-corrected chi connectivity index (χ2v) is 4.92. The van der Waals surface area contributed by atoms with Crippen LogP contribution in [0.3, 0.4) is 0 Å². The van der Waals surface area contributed by atoms with Crippen LogP contribution in [-0.2, 0) is 4.74 Å². The third-order valence-electron chi connectivity index (χ3n) is 3.79. The van der Waals surface area contributed by atoms with E-state index in [1.54, 1.807) is 7.11 Å². The number of hydrogen-bond donors (Lipinski definition) is 1. The van der Waals surface area contributed by atoms with Crippen LogP contribution in [0.4, 0.5) is 0 Å². The summed E-state index contributed by atoms with van der Waals surface area (Å²) in [5.74, 6) is 0.882. The first-order valence-electron chi connectivity index (χ1n) is 6.98. The molecule has 0 radical (unpaired) electrons. The third kappa shape index (κ3) is 3.47. The Kier molecular flexibility index (Phi) is 5.19. The molecule has 4 nitrogen and oxygen atoms in total. The molecule has 0 amide bonds. The van der Waals surface area contributed by atoms with Gasteiger partial charge in [0.15, 0.2) is 0 Å². The zero-order chi connectivity index (χ0) is 13.7. The van der Waals surface area contributed by atoms with Crippen molar-refractivity contribution in [2.45, 2.75) is 25.5 Å². The zero-order valence-electron chi connectivity index (χ0n) is 11.8. The smallest absolute Gasteiger partial charge is 0.118 e.